The molecule has 0 spiro atoms. The first-order chi connectivity index (χ1) is 17.5. The van der Waals surface area contributed by atoms with E-state index in [1.54, 1.807) is 0 Å². The van der Waals surface area contributed by atoms with Gasteiger partial charge in [-0.2, -0.15) is 0 Å². The number of hydrogen-bond acceptors (Lipinski definition) is 4. The predicted octanol–water partition coefficient (Wildman–Crippen LogP) is 6.25. The van der Waals surface area contributed by atoms with E-state index in [1.807, 2.05) is 80.6 Å². The Bertz CT molecular complexity index is 1180. The number of carbonyl (C=O) groups excluding carboxylic acids is 1. The zero-order valence-electron chi connectivity index (χ0n) is 22.8. The molecular weight excluding hydrogens is 481 g/mol. The molecule has 2 atom stereocenters. The minimum absolute atomic E-state index is 0.0201. The third kappa shape index (κ3) is 5.87. The van der Waals surface area contributed by atoms with Gasteiger partial charge in [-0.05, 0) is 49.1 Å². The Morgan fingerprint density at radius 2 is 1.46 bits per heavy atom. The van der Waals surface area contributed by atoms with E-state index in [0.29, 0.717) is 29.9 Å². The lowest BCUT2D eigenvalue weighted by molar-refractivity contribution is -0.00563. The van der Waals surface area contributed by atoms with Crippen molar-refractivity contribution in [2.24, 2.45) is 0 Å². The highest BCUT2D eigenvalue weighted by Crippen LogP contribution is 2.47. The fourth-order valence-corrected chi connectivity index (χ4v) is 6.28. The first kappa shape index (κ1) is 27.2. The van der Waals surface area contributed by atoms with Gasteiger partial charge in [-0.15, -0.1) is 0 Å². The number of Topliss-reactive ketones (excluding diaryl/α,β-unsaturated/α-hetero) is 1. The van der Waals surface area contributed by atoms with Gasteiger partial charge in [0.05, 0.1) is 17.9 Å². The smallest absolute Gasteiger partial charge is 0.169 e. The lowest BCUT2D eigenvalue weighted by Gasteiger charge is -2.43. The van der Waals surface area contributed by atoms with Gasteiger partial charge in [-0.3, -0.25) is 4.79 Å². The Hall–Kier alpha value is -2.80. The summed E-state index contributed by atoms with van der Waals surface area (Å²) in [5.41, 5.74) is 2.20. The van der Waals surface area contributed by atoms with Crippen LogP contribution in [0.25, 0.3) is 0 Å². The number of rotatable bonds is 7. The molecule has 0 radical (unpaired) electrons. The zero-order chi connectivity index (χ0) is 26.8. The number of ether oxygens (including phenoxy) is 1. The van der Waals surface area contributed by atoms with Gasteiger partial charge in [0, 0.05) is 24.2 Å². The van der Waals surface area contributed by atoms with Crippen LogP contribution in [0.4, 0.5) is 10.1 Å². The zero-order valence-corrected chi connectivity index (χ0v) is 24.2. The molecule has 2 unspecified atom stereocenters. The standard InChI is InChI=1S/C31H38FNO3Si/c1-21-19-33(20-22(2)35-21)29-27(17-24(23(3)34)18-28(29)32)31(36-37-30(4,5)6,25-13-9-7-10-14-25)26-15-11-8-12-16-26/h7-18,21-22H,19-20,37H2,1-6H3. The molecule has 4 rings (SSSR count). The van der Waals surface area contributed by atoms with E-state index in [-0.39, 0.29) is 23.0 Å². The summed E-state index contributed by atoms with van der Waals surface area (Å²) in [5, 5.41) is -0.0201. The maximum absolute atomic E-state index is 16.3. The van der Waals surface area contributed by atoms with Crippen LogP contribution in [0.1, 0.15) is 68.6 Å². The SMILES string of the molecule is CC(=O)c1cc(F)c(N2CC(C)OC(C)C2)c(C(O[SiH2]C(C)(C)C)(c2ccccc2)c2ccccc2)c1. The molecule has 0 aliphatic carbocycles. The van der Waals surface area contributed by atoms with Crippen LogP contribution < -0.4 is 4.90 Å². The van der Waals surface area contributed by atoms with Crippen molar-refractivity contribution in [3.63, 3.8) is 0 Å². The van der Waals surface area contributed by atoms with Crippen LogP contribution >= 0.6 is 0 Å². The van der Waals surface area contributed by atoms with E-state index >= 15 is 4.39 Å². The highest BCUT2D eigenvalue weighted by molar-refractivity contribution is 6.32. The Morgan fingerprint density at radius 1 is 0.946 bits per heavy atom. The van der Waals surface area contributed by atoms with Gasteiger partial charge in [-0.25, -0.2) is 4.39 Å². The number of nitrogens with zero attached hydrogens (tertiary/aromatic N) is 1. The van der Waals surface area contributed by atoms with Crippen LogP contribution in [0, 0.1) is 5.82 Å². The van der Waals surface area contributed by atoms with Crippen molar-refractivity contribution < 1.29 is 18.3 Å². The fraction of sp³-hybridized carbons (Fsp3) is 0.387. The van der Waals surface area contributed by atoms with Crippen LogP contribution in [0.3, 0.4) is 0 Å². The lowest BCUT2D eigenvalue weighted by Crippen LogP contribution is -2.47. The largest absolute Gasteiger partial charge is 0.406 e. The van der Waals surface area contributed by atoms with Gasteiger partial charge >= 0.3 is 0 Å². The van der Waals surface area contributed by atoms with E-state index in [4.69, 9.17) is 9.16 Å². The monoisotopic (exact) mass is 519 g/mol. The summed E-state index contributed by atoms with van der Waals surface area (Å²) in [4.78, 5) is 14.7. The molecule has 37 heavy (non-hydrogen) atoms. The third-order valence-electron chi connectivity index (χ3n) is 6.67. The minimum Gasteiger partial charge on any atom is -0.406 e. The molecule has 0 saturated carbocycles. The Balaban J connectivity index is 2.10. The summed E-state index contributed by atoms with van der Waals surface area (Å²) in [6.45, 7) is 13.1. The van der Waals surface area contributed by atoms with Crippen LogP contribution in [0.5, 0.6) is 0 Å². The molecule has 1 aliphatic heterocycles. The Kier molecular flexibility index (Phi) is 8.02. The molecule has 1 fully saturated rings. The van der Waals surface area contributed by atoms with E-state index in [2.05, 4.69) is 25.7 Å². The topological polar surface area (TPSA) is 38.8 Å². The number of carbonyl (C=O) groups is 1. The second-order valence-electron chi connectivity index (χ2n) is 11.3. The molecule has 4 nitrogen and oxygen atoms in total. The normalized spacial score (nSPS) is 18.9. The quantitative estimate of drug-likeness (QED) is 0.210. The number of hydrogen-bond donors (Lipinski definition) is 0. The third-order valence-corrected chi connectivity index (χ3v) is 8.11. The first-order valence-electron chi connectivity index (χ1n) is 13.0. The average Bonchev–Trinajstić information content (AvgIpc) is 2.84. The van der Waals surface area contributed by atoms with Crippen molar-refractivity contribution in [1.82, 2.24) is 0 Å². The van der Waals surface area contributed by atoms with Crippen LogP contribution in [0.2, 0.25) is 5.04 Å². The van der Waals surface area contributed by atoms with Crippen molar-refractivity contribution in [2.45, 2.75) is 64.4 Å². The first-order valence-corrected chi connectivity index (χ1v) is 14.3. The second-order valence-corrected chi connectivity index (χ2v) is 14.0. The second kappa shape index (κ2) is 10.9. The van der Waals surface area contributed by atoms with Gasteiger partial charge in [0.25, 0.3) is 0 Å². The molecule has 1 saturated heterocycles. The van der Waals surface area contributed by atoms with Gasteiger partial charge in [-0.1, -0.05) is 81.4 Å². The van der Waals surface area contributed by atoms with Crippen LogP contribution in [0.15, 0.2) is 72.8 Å². The number of ketones is 1. The molecule has 0 aromatic heterocycles. The highest BCUT2D eigenvalue weighted by Gasteiger charge is 2.43. The molecule has 196 valence electrons. The lowest BCUT2D eigenvalue weighted by atomic mass is 9.78. The minimum atomic E-state index is -1.15. The maximum atomic E-state index is 16.3. The molecule has 0 N–H and O–H groups in total. The van der Waals surface area contributed by atoms with E-state index in [9.17, 15) is 4.79 Å². The van der Waals surface area contributed by atoms with Crippen molar-refractivity contribution >= 4 is 21.2 Å². The van der Waals surface area contributed by atoms with E-state index in [0.717, 1.165) is 11.1 Å². The van der Waals surface area contributed by atoms with Crippen molar-refractivity contribution in [3.8, 4) is 0 Å². The summed E-state index contributed by atoms with van der Waals surface area (Å²) in [6.07, 6.45) is -0.118. The fourth-order valence-electron chi connectivity index (χ4n) is 5.15. The molecular formula is C31H38FNO3Si. The van der Waals surface area contributed by atoms with Gasteiger partial charge in [0.1, 0.15) is 11.4 Å². The number of benzene rings is 3. The molecule has 6 heteroatoms. The summed E-state index contributed by atoms with van der Waals surface area (Å²) in [5.74, 6) is -0.597. The van der Waals surface area contributed by atoms with E-state index in [1.165, 1.54) is 13.0 Å². The average molecular weight is 520 g/mol. The van der Waals surface area contributed by atoms with Crippen LogP contribution in [-0.2, 0) is 14.8 Å². The Labute approximate surface area is 222 Å². The number of halogens is 1. The molecule has 0 bridgehead atoms. The van der Waals surface area contributed by atoms with Crippen molar-refractivity contribution in [3.05, 3.63) is 101 Å². The molecule has 3 aromatic rings. The molecule has 3 aromatic carbocycles. The predicted molar refractivity (Wildman–Crippen MR) is 151 cm³/mol. The highest BCUT2D eigenvalue weighted by atomic mass is 28.2. The van der Waals surface area contributed by atoms with E-state index < -0.39 is 21.2 Å². The molecule has 1 heterocycles. The van der Waals surface area contributed by atoms with Crippen molar-refractivity contribution in [2.75, 3.05) is 18.0 Å². The van der Waals surface area contributed by atoms with Crippen LogP contribution in [-0.4, -0.2) is 40.8 Å². The molecule has 0 amide bonds. The van der Waals surface area contributed by atoms with Gasteiger partial charge in [0.2, 0.25) is 0 Å². The summed E-state index contributed by atoms with van der Waals surface area (Å²) in [7, 11) is -1.15. The van der Waals surface area contributed by atoms with Gasteiger partial charge < -0.3 is 14.1 Å². The summed E-state index contributed by atoms with van der Waals surface area (Å²) >= 11 is 0. The number of morpholine rings is 1. The number of anilines is 1. The summed E-state index contributed by atoms with van der Waals surface area (Å²) in [6, 6.07) is 23.3. The van der Waals surface area contributed by atoms with Crippen molar-refractivity contribution in [1.29, 1.82) is 0 Å². The molecule has 1 aliphatic rings. The Morgan fingerprint density at radius 3 is 1.92 bits per heavy atom. The van der Waals surface area contributed by atoms with Gasteiger partial charge in [0.15, 0.2) is 15.5 Å². The maximum Gasteiger partial charge on any atom is 0.169 e. The summed E-state index contributed by atoms with van der Waals surface area (Å²) < 4.78 is 29.4.